The first-order valence-electron chi connectivity index (χ1n) is 5.35. The molecule has 0 saturated carbocycles. The number of thioether (sulfide) groups is 1. The van der Waals surface area contributed by atoms with Crippen LogP contribution >= 0.6 is 11.8 Å². The highest BCUT2D eigenvalue weighted by Gasteiger charge is 2.11. The van der Waals surface area contributed by atoms with Gasteiger partial charge in [0, 0.05) is 17.0 Å². The van der Waals surface area contributed by atoms with Gasteiger partial charge in [0.05, 0.1) is 0 Å². The van der Waals surface area contributed by atoms with Gasteiger partial charge in [-0.15, -0.1) is 0 Å². The van der Waals surface area contributed by atoms with Crippen LogP contribution < -0.4 is 5.73 Å². The summed E-state index contributed by atoms with van der Waals surface area (Å²) in [5.74, 6) is 1.08. The van der Waals surface area contributed by atoms with Crippen LogP contribution in [0.4, 0.5) is 0 Å². The van der Waals surface area contributed by atoms with Gasteiger partial charge in [-0.25, -0.2) is 0 Å². The molecule has 0 aliphatic rings. The molecule has 2 N–H and O–H groups in total. The molecule has 15 heavy (non-hydrogen) atoms. The molecule has 0 aliphatic carbocycles. The van der Waals surface area contributed by atoms with Gasteiger partial charge in [0.2, 0.25) is 0 Å². The molecule has 0 aliphatic heterocycles. The van der Waals surface area contributed by atoms with Crippen LogP contribution in [0.25, 0.3) is 0 Å². The van der Waals surface area contributed by atoms with E-state index in [0.29, 0.717) is 11.3 Å². The molecule has 0 amide bonds. The Morgan fingerprint density at radius 1 is 1.27 bits per heavy atom. The van der Waals surface area contributed by atoms with Gasteiger partial charge in [-0.2, -0.15) is 11.8 Å². The molecular formula is C13H21NS. The molecule has 1 rings (SSSR count). The third kappa shape index (κ3) is 4.27. The van der Waals surface area contributed by atoms with E-state index in [4.69, 9.17) is 5.73 Å². The van der Waals surface area contributed by atoms with Crippen molar-refractivity contribution < 1.29 is 0 Å². The maximum absolute atomic E-state index is 5.61. The number of hydrogen-bond acceptors (Lipinski definition) is 2. The lowest BCUT2D eigenvalue weighted by atomic mass is 10.1. The zero-order chi connectivity index (χ0) is 11.5. The van der Waals surface area contributed by atoms with Crippen molar-refractivity contribution in [1.29, 1.82) is 0 Å². The zero-order valence-electron chi connectivity index (χ0n) is 10.1. The van der Waals surface area contributed by atoms with E-state index >= 15 is 0 Å². The van der Waals surface area contributed by atoms with Gasteiger partial charge < -0.3 is 5.73 Å². The largest absolute Gasteiger partial charge is 0.326 e. The normalized spacial score (nSPS) is 11.8. The highest BCUT2D eigenvalue weighted by Crippen LogP contribution is 2.28. The Labute approximate surface area is 97.4 Å². The van der Waals surface area contributed by atoms with Gasteiger partial charge in [-0.1, -0.05) is 39.0 Å². The summed E-state index contributed by atoms with van der Waals surface area (Å²) in [5.41, 5.74) is 9.61. The molecule has 2 heteroatoms. The van der Waals surface area contributed by atoms with Gasteiger partial charge >= 0.3 is 0 Å². The molecule has 1 aromatic carbocycles. The summed E-state index contributed by atoms with van der Waals surface area (Å²) in [6.45, 7) is 9.55. The SMILES string of the molecule is Cc1cc(CN)ccc1CSC(C)(C)C. The topological polar surface area (TPSA) is 26.0 Å². The fourth-order valence-electron chi connectivity index (χ4n) is 1.34. The van der Waals surface area contributed by atoms with Crippen LogP contribution in [-0.4, -0.2) is 4.75 Å². The Morgan fingerprint density at radius 2 is 1.93 bits per heavy atom. The summed E-state index contributed by atoms with van der Waals surface area (Å²) in [5, 5.41) is 0. The molecular weight excluding hydrogens is 202 g/mol. The zero-order valence-corrected chi connectivity index (χ0v) is 10.9. The van der Waals surface area contributed by atoms with E-state index in [0.717, 1.165) is 5.75 Å². The van der Waals surface area contributed by atoms with E-state index in [1.807, 2.05) is 11.8 Å². The number of benzene rings is 1. The van der Waals surface area contributed by atoms with Crippen molar-refractivity contribution in [2.24, 2.45) is 5.73 Å². The first-order chi connectivity index (χ1) is 6.92. The average molecular weight is 223 g/mol. The Bertz CT molecular complexity index is 326. The van der Waals surface area contributed by atoms with Crippen LogP contribution in [0.1, 0.15) is 37.5 Å². The second kappa shape index (κ2) is 5.04. The quantitative estimate of drug-likeness (QED) is 0.849. The van der Waals surface area contributed by atoms with Crippen LogP contribution in [0.3, 0.4) is 0 Å². The minimum absolute atomic E-state index is 0.332. The summed E-state index contributed by atoms with van der Waals surface area (Å²) in [4.78, 5) is 0. The van der Waals surface area contributed by atoms with Crippen molar-refractivity contribution in [1.82, 2.24) is 0 Å². The molecule has 0 saturated heterocycles. The fourth-order valence-corrected chi connectivity index (χ4v) is 2.25. The summed E-state index contributed by atoms with van der Waals surface area (Å²) in [6.07, 6.45) is 0. The third-order valence-electron chi connectivity index (χ3n) is 2.30. The molecule has 0 unspecified atom stereocenters. The highest BCUT2D eigenvalue weighted by molar-refractivity contribution is 7.99. The number of nitrogens with two attached hydrogens (primary N) is 1. The van der Waals surface area contributed by atoms with E-state index < -0.39 is 0 Å². The van der Waals surface area contributed by atoms with E-state index in [9.17, 15) is 0 Å². The van der Waals surface area contributed by atoms with Gasteiger partial charge in [-0.3, -0.25) is 0 Å². The van der Waals surface area contributed by atoms with Gasteiger partial charge in [0.25, 0.3) is 0 Å². The van der Waals surface area contributed by atoms with Crippen molar-refractivity contribution in [3.05, 3.63) is 34.9 Å². The lowest BCUT2D eigenvalue weighted by Gasteiger charge is -2.18. The minimum atomic E-state index is 0.332. The van der Waals surface area contributed by atoms with E-state index in [2.05, 4.69) is 45.9 Å². The highest BCUT2D eigenvalue weighted by atomic mass is 32.2. The monoisotopic (exact) mass is 223 g/mol. The summed E-state index contributed by atoms with van der Waals surface area (Å²) >= 11 is 1.98. The second-order valence-electron chi connectivity index (χ2n) is 4.87. The maximum Gasteiger partial charge on any atom is 0.0192 e. The number of aryl methyl sites for hydroxylation is 1. The molecule has 0 bridgehead atoms. The van der Waals surface area contributed by atoms with Crippen LogP contribution in [0.15, 0.2) is 18.2 Å². The Hall–Kier alpha value is -0.470. The lowest BCUT2D eigenvalue weighted by Crippen LogP contribution is -2.08. The molecule has 1 aromatic rings. The second-order valence-corrected chi connectivity index (χ2v) is 6.67. The molecule has 84 valence electrons. The van der Waals surface area contributed by atoms with E-state index in [1.165, 1.54) is 16.7 Å². The molecule has 0 atom stereocenters. The average Bonchev–Trinajstić information content (AvgIpc) is 2.14. The predicted molar refractivity (Wildman–Crippen MR) is 70.1 cm³/mol. The third-order valence-corrected chi connectivity index (χ3v) is 3.62. The summed E-state index contributed by atoms with van der Waals surface area (Å²) < 4.78 is 0.332. The van der Waals surface area contributed by atoms with Crippen LogP contribution in [0, 0.1) is 6.92 Å². The van der Waals surface area contributed by atoms with E-state index in [-0.39, 0.29) is 0 Å². The number of hydrogen-bond donors (Lipinski definition) is 1. The number of rotatable bonds is 3. The minimum Gasteiger partial charge on any atom is -0.326 e. The molecule has 1 nitrogen and oxygen atoms in total. The summed E-state index contributed by atoms with van der Waals surface area (Å²) in [7, 11) is 0. The first-order valence-corrected chi connectivity index (χ1v) is 6.33. The van der Waals surface area contributed by atoms with E-state index in [1.54, 1.807) is 0 Å². The van der Waals surface area contributed by atoms with Crippen molar-refractivity contribution in [2.45, 2.75) is 44.7 Å². The van der Waals surface area contributed by atoms with Crippen LogP contribution in [0.5, 0.6) is 0 Å². The van der Waals surface area contributed by atoms with Gasteiger partial charge in [0.15, 0.2) is 0 Å². The van der Waals surface area contributed by atoms with Crippen molar-refractivity contribution in [2.75, 3.05) is 0 Å². The van der Waals surface area contributed by atoms with Gasteiger partial charge in [0.1, 0.15) is 0 Å². The van der Waals surface area contributed by atoms with Crippen LogP contribution in [0.2, 0.25) is 0 Å². The fraction of sp³-hybridized carbons (Fsp3) is 0.538. The maximum atomic E-state index is 5.61. The Balaban J connectivity index is 2.70. The molecule has 0 spiro atoms. The van der Waals surface area contributed by atoms with Crippen LogP contribution in [-0.2, 0) is 12.3 Å². The van der Waals surface area contributed by atoms with Crippen molar-refractivity contribution in [3.8, 4) is 0 Å². The Kier molecular flexibility index (Phi) is 4.23. The van der Waals surface area contributed by atoms with Gasteiger partial charge in [-0.05, 0) is 23.6 Å². The molecule has 0 fully saturated rings. The summed E-state index contributed by atoms with van der Waals surface area (Å²) in [6, 6.07) is 6.53. The first kappa shape index (κ1) is 12.6. The Morgan fingerprint density at radius 3 is 2.40 bits per heavy atom. The molecule has 0 radical (unpaired) electrons. The molecule has 0 heterocycles. The lowest BCUT2D eigenvalue weighted by molar-refractivity contribution is 0.802. The van der Waals surface area contributed by atoms with Crippen molar-refractivity contribution >= 4 is 11.8 Å². The standard InChI is InChI=1S/C13H21NS/c1-10-7-11(8-14)5-6-12(10)9-15-13(2,3)4/h5-7H,8-9,14H2,1-4H3. The molecule has 0 aromatic heterocycles. The smallest absolute Gasteiger partial charge is 0.0192 e. The predicted octanol–water partition coefficient (Wildman–Crippen LogP) is 3.49. The van der Waals surface area contributed by atoms with Crippen molar-refractivity contribution in [3.63, 3.8) is 0 Å².